The fourth-order valence-electron chi connectivity index (χ4n) is 2.24. The van der Waals surface area contributed by atoms with Crippen molar-refractivity contribution < 1.29 is 9.22 Å². The van der Waals surface area contributed by atoms with Crippen LogP contribution in [-0.4, -0.2) is 32.3 Å². The monoisotopic (exact) mass is 281 g/mol. The average molecular weight is 281 g/mol. The van der Waals surface area contributed by atoms with Crippen molar-refractivity contribution >= 4 is 14.7 Å². The van der Waals surface area contributed by atoms with Crippen LogP contribution >= 0.6 is 0 Å². The van der Waals surface area contributed by atoms with E-state index in [-0.39, 0.29) is 11.1 Å². The number of amides is 1. The Bertz CT molecular complexity index is 380. The predicted molar refractivity (Wildman–Crippen MR) is 80.3 cm³/mol. The van der Waals surface area contributed by atoms with Crippen LogP contribution in [0.2, 0.25) is 18.1 Å². The maximum atomic E-state index is 11.2. The highest BCUT2D eigenvalue weighted by atomic mass is 28.4. The van der Waals surface area contributed by atoms with Crippen LogP contribution in [0.1, 0.15) is 40.0 Å². The predicted octanol–water partition coefficient (Wildman–Crippen LogP) is 3.53. The molecule has 0 bridgehead atoms. The lowest BCUT2D eigenvalue weighted by molar-refractivity contribution is -0.117. The zero-order valence-electron chi connectivity index (χ0n) is 12.9. The highest BCUT2D eigenvalue weighted by molar-refractivity contribution is 6.74. The van der Waals surface area contributed by atoms with Crippen molar-refractivity contribution in [1.82, 2.24) is 4.90 Å². The molecule has 1 heterocycles. The van der Waals surface area contributed by atoms with Crippen molar-refractivity contribution in [3.05, 3.63) is 11.8 Å². The highest BCUT2D eigenvalue weighted by Gasteiger charge is 2.39. The fourth-order valence-corrected chi connectivity index (χ4v) is 3.28. The van der Waals surface area contributed by atoms with E-state index in [0.29, 0.717) is 6.61 Å². The van der Waals surface area contributed by atoms with Gasteiger partial charge in [-0.15, -0.1) is 0 Å². The Morgan fingerprint density at radius 1 is 1.42 bits per heavy atom. The molecule has 1 aliphatic heterocycles. The molecule has 0 N–H and O–H groups in total. The SMILES string of the molecule is CC(C)(C)[Si](C)(C)OCC1CC(C2CC2)=CN1C=O. The average Bonchev–Trinajstić information content (AvgIpc) is 3.06. The Hall–Kier alpha value is -0.613. The smallest absolute Gasteiger partial charge is 0.214 e. The van der Waals surface area contributed by atoms with Crippen molar-refractivity contribution in [3.63, 3.8) is 0 Å². The molecule has 1 unspecified atom stereocenters. The van der Waals surface area contributed by atoms with Crippen LogP contribution in [0.3, 0.4) is 0 Å². The minimum Gasteiger partial charge on any atom is -0.415 e. The molecule has 1 saturated carbocycles. The van der Waals surface area contributed by atoms with E-state index in [2.05, 4.69) is 40.1 Å². The largest absolute Gasteiger partial charge is 0.415 e. The van der Waals surface area contributed by atoms with Gasteiger partial charge in [-0.1, -0.05) is 20.8 Å². The standard InChI is InChI=1S/C15H27NO2Si/c1-15(2,3)19(4,5)18-10-14-8-13(12-6-7-12)9-16(14)11-17/h9,11-12,14H,6-8,10H2,1-5H3. The van der Waals surface area contributed by atoms with Gasteiger partial charge in [-0.2, -0.15) is 0 Å². The summed E-state index contributed by atoms with van der Waals surface area (Å²) in [6, 6.07) is 0.224. The summed E-state index contributed by atoms with van der Waals surface area (Å²) >= 11 is 0. The molecule has 19 heavy (non-hydrogen) atoms. The van der Waals surface area contributed by atoms with Gasteiger partial charge in [-0.3, -0.25) is 4.79 Å². The molecule has 0 spiro atoms. The van der Waals surface area contributed by atoms with Gasteiger partial charge in [0.05, 0.1) is 12.6 Å². The van der Waals surface area contributed by atoms with Crippen molar-refractivity contribution in [3.8, 4) is 0 Å². The molecule has 3 nitrogen and oxygen atoms in total. The number of nitrogens with zero attached hydrogens (tertiary/aromatic N) is 1. The number of rotatable bonds is 5. The van der Waals surface area contributed by atoms with Gasteiger partial charge >= 0.3 is 0 Å². The van der Waals surface area contributed by atoms with Crippen molar-refractivity contribution in [2.75, 3.05) is 6.61 Å². The van der Waals surface area contributed by atoms with Gasteiger partial charge in [0.15, 0.2) is 8.32 Å². The van der Waals surface area contributed by atoms with Gasteiger partial charge in [0.2, 0.25) is 6.41 Å². The Morgan fingerprint density at radius 2 is 2.05 bits per heavy atom. The van der Waals surface area contributed by atoms with Crippen LogP contribution in [0.4, 0.5) is 0 Å². The lowest BCUT2D eigenvalue weighted by Crippen LogP contribution is -2.44. The van der Waals surface area contributed by atoms with E-state index < -0.39 is 8.32 Å². The van der Waals surface area contributed by atoms with Crippen LogP contribution in [0.25, 0.3) is 0 Å². The zero-order chi connectivity index (χ0) is 14.3. The molecule has 0 saturated heterocycles. The van der Waals surface area contributed by atoms with Gasteiger partial charge < -0.3 is 9.33 Å². The van der Waals surface area contributed by atoms with Crippen molar-refractivity contribution in [1.29, 1.82) is 0 Å². The van der Waals surface area contributed by atoms with Gasteiger partial charge in [0.25, 0.3) is 0 Å². The van der Waals surface area contributed by atoms with Crippen LogP contribution in [0, 0.1) is 5.92 Å². The number of carbonyl (C=O) groups is 1. The third-order valence-corrected chi connectivity index (χ3v) is 9.37. The first-order valence-electron chi connectivity index (χ1n) is 7.32. The summed E-state index contributed by atoms with van der Waals surface area (Å²) in [6.45, 7) is 12.0. The third kappa shape index (κ3) is 3.29. The number of hydrogen-bond donors (Lipinski definition) is 0. The van der Waals surface area contributed by atoms with Gasteiger partial charge in [0.1, 0.15) is 0 Å². The lowest BCUT2D eigenvalue weighted by atomic mass is 10.1. The Labute approximate surface area is 118 Å². The van der Waals surface area contributed by atoms with Crippen molar-refractivity contribution in [2.45, 2.75) is 64.2 Å². The first kappa shape index (κ1) is 14.8. The molecule has 1 aliphatic carbocycles. The van der Waals surface area contributed by atoms with Crippen LogP contribution in [0.15, 0.2) is 11.8 Å². The molecule has 2 rings (SSSR count). The van der Waals surface area contributed by atoms with E-state index in [0.717, 1.165) is 18.7 Å². The molecule has 0 radical (unpaired) electrons. The molecule has 1 amide bonds. The summed E-state index contributed by atoms with van der Waals surface area (Å²) in [5.41, 5.74) is 1.45. The third-order valence-electron chi connectivity index (χ3n) is 4.87. The number of hydrogen-bond acceptors (Lipinski definition) is 2. The van der Waals surface area contributed by atoms with Crippen LogP contribution < -0.4 is 0 Å². The van der Waals surface area contributed by atoms with E-state index in [9.17, 15) is 4.79 Å². The van der Waals surface area contributed by atoms with E-state index in [1.54, 1.807) is 0 Å². The summed E-state index contributed by atoms with van der Waals surface area (Å²) in [7, 11) is -1.71. The summed E-state index contributed by atoms with van der Waals surface area (Å²) in [5.74, 6) is 0.750. The van der Waals surface area contributed by atoms with E-state index >= 15 is 0 Å². The summed E-state index contributed by atoms with van der Waals surface area (Å²) in [6.07, 6.45) is 6.63. The molecule has 4 heteroatoms. The van der Waals surface area contributed by atoms with Gasteiger partial charge in [-0.25, -0.2) is 0 Å². The first-order valence-corrected chi connectivity index (χ1v) is 10.2. The Morgan fingerprint density at radius 3 is 2.53 bits per heavy atom. The maximum Gasteiger partial charge on any atom is 0.214 e. The van der Waals surface area contributed by atoms with Crippen LogP contribution in [0.5, 0.6) is 0 Å². The van der Waals surface area contributed by atoms with E-state index in [1.165, 1.54) is 18.4 Å². The molecule has 1 fully saturated rings. The Kier molecular flexibility index (Phi) is 3.94. The normalized spacial score (nSPS) is 24.6. The molecular weight excluding hydrogens is 254 g/mol. The summed E-state index contributed by atoms with van der Waals surface area (Å²) in [4.78, 5) is 13.0. The molecule has 0 aromatic heterocycles. The molecule has 108 valence electrons. The molecule has 2 aliphatic rings. The minimum atomic E-state index is -1.71. The van der Waals surface area contributed by atoms with E-state index in [4.69, 9.17) is 4.43 Å². The lowest BCUT2D eigenvalue weighted by Gasteiger charge is -2.37. The quantitative estimate of drug-likeness (QED) is 0.570. The second-order valence-electron chi connectivity index (χ2n) is 7.46. The topological polar surface area (TPSA) is 29.5 Å². The minimum absolute atomic E-state index is 0.224. The molecule has 1 atom stereocenters. The fraction of sp³-hybridized carbons (Fsp3) is 0.800. The van der Waals surface area contributed by atoms with E-state index in [1.807, 2.05) is 4.90 Å². The first-order chi connectivity index (χ1) is 8.74. The zero-order valence-corrected chi connectivity index (χ0v) is 13.9. The Balaban J connectivity index is 1.91. The van der Waals surface area contributed by atoms with Crippen molar-refractivity contribution in [2.24, 2.45) is 5.92 Å². The second-order valence-corrected chi connectivity index (χ2v) is 12.3. The van der Waals surface area contributed by atoms with Gasteiger partial charge in [-0.05, 0) is 48.9 Å². The number of carbonyl (C=O) groups excluding carboxylic acids is 1. The second kappa shape index (κ2) is 5.06. The molecule has 0 aromatic rings. The molecular formula is C15H27NO2Si. The van der Waals surface area contributed by atoms with Gasteiger partial charge in [0, 0.05) is 6.20 Å². The van der Waals surface area contributed by atoms with Crippen LogP contribution in [-0.2, 0) is 9.22 Å². The molecule has 0 aromatic carbocycles. The summed E-state index contributed by atoms with van der Waals surface area (Å²) < 4.78 is 6.26. The maximum absolute atomic E-state index is 11.2. The highest BCUT2D eigenvalue weighted by Crippen LogP contribution is 2.42. The summed E-state index contributed by atoms with van der Waals surface area (Å²) in [5, 5.41) is 0.227.